The third kappa shape index (κ3) is 5.33. The molecule has 1 atom stereocenters. The van der Waals surface area contributed by atoms with Crippen LogP contribution in [0.5, 0.6) is 11.5 Å². The lowest BCUT2D eigenvalue weighted by atomic mass is 9.89. The fourth-order valence-corrected chi connectivity index (χ4v) is 5.57. The second-order valence-corrected chi connectivity index (χ2v) is 10.1. The van der Waals surface area contributed by atoms with Gasteiger partial charge in [0.1, 0.15) is 0 Å². The number of amides is 1. The first-order valence-electron chi connectivity index (χ1n) is 11.7. The molecule has 190 valence electrons. The molecule has 1 unspecified atom stereocenters. The zero-order valence-corrected chi connectivity index (χ0v) is 21.2. The minimum absolute atomic E-state index is 0.0405. The van der Waals surface area contributed by atoms with Crippen LogP contribution in [0.3, 0.4) is 0 Å². The Balaban J connectivity index is 1.45. The summed E-state index contributed by atoms with van der Waals surface area (Å²) in [6.07, 6.45) is 0.925. The molecule has 2 N–H and O–H groups in total. The average molecular weight is 508 g/mol. The number of hydrogen-bond acceptors (Lipinski definition) is 6. The minimum atomic E-state index is -2.34. The molecule has 0 aliphatic carbocycles. The van der Waals surface area contributed by atoms with Crippen molar-refractivity contribution in [2.24, 2.45) is 5.92 Å². The lowest BCUT2D eigenvalue weighted by molar-refractivity contribution is -0.126. The Hall–Kier alpha value is -2.59. The number of H-pyrrole nitrogens is 1. The summed E-state index contributed by atoms with van der Waals surface area (Å²) in [5, 5.41) is 2.85. The van der Waals surface area contributed by atoms with Crippen LogP contribution in [0.1, 0.15) is 46.9 Å². The van der Waals surface area contributed by atoms with Crippen molar-refractivity contribution in [1.29, 1.82) is 0 Å². The Bertz CT molecular complexity index is 1160. The fourth-order valence-electron chi connectivity index (χ4n) is 4.86. The number of carbonyl (C=O) groups excluding carboxylic acids is 1. The number of likely N-dealkylation sites (tertiary alicyclic amines) is 1. The quantitative estimate of drug-likeness (QED) is 0.549. The normalized spacial score (nSPS) is 20.4. The van der Waals surface area contributed by atoms with Crippen molar-refractivity contribution in [2.75, 3.05) is 25.9 Å². The molecule has 0 radical (unpaired) electrons. The van der Waals surface area contributed by atoms with Gasteiger partial charge in [0.05, 0.1) is 6.54 Å². The fraction of sp³-hybridized carbons (Fsp3) is 0.520. The number of nitrogens with one attached hydrogen (secondary N) is 2. The van der Waals surface area contributed by atoms with Gasteiger partial charge in [0.2, 0.25) is 0 Å². The number of thioether (sulfide) groups is 1. The number of aromatic amines is 1. The minimum Gasteiger partial charge on any atom is -0.448 e. The summed E-state index contributed by atoms with van der Waals surface area (Å²) in [6, 6.07) is 5.30. The molecule has 4 rings (SSSR count). The molecule has 1 aromatic carbocycles. The van der Waals surface area contributed by atoms with Crippen LogP contribution in [-0.4, -0.2) is 53.9 Å². The van der Waals surface area contributed by atoms with E-state index in [1.54, 1.807) is 24.0 Å². The first kappa shape index (κ1) is 25.5. The van der Waals surface area contributed by atoms with Crippen LogP contribution in [0.15, 0.2) is 27.9 Å². The molecule has 1 amide bonds. The summed E-state index contributed by atoms with van der Waals surface area (Å²) in [6.45, 7) is 6.52. The van der Waals surface area contributed by atoms with E-state index in [-0.39, 0.29) is 30.5 Å². The predicted octanol–water partition coefficient (Wildman–Crippen LogP) is 4.11. The smallest absolute Gasteiger partial charge is 0.254 e. The topological polar surface area (TPSA) is 83.7 Å². The number of rotatable bonds is 7. The molecule has 2 aromatic rings. The highest BCUT2D eigenvalue weighted by Gasteiger charge is 2.46. The second-order valence-electron chi connectivity index (χ2n) is 9.26. The van der Waals surface area contributed by atoms with Crippen LogP contribution < -0.4 is 20.3 Å². The van der Waals surface area contributed by atoms with Crippen LogP contribution in [0.25, 0.3) is 0 Å². The van der Waals surface area contributed by atoms with E-state index in [1.165, 1.54) is 11.8 Å². The highest BCUT2D eigenvalue weighted by Crippen LogP contribution is 2.47. The molecule has 0 bridgehead atoms. The number of ether oxygens (including phenoxy) is 2. The van der Waals surface area contributed by atoms with E-state index in [0.29, 0.717) is 54.1 Å². The molecule has 1 aromatic heterocycles. The highest BCUT2D eigenvalue weighted by atomic mass is 32.2. The van der Waals surface area contributed by atoms with Crippen molar-refractivity contribution in [3.8, 4) is 11.5 Å². The highest BCUT2D eigenvalue weighted by molar-refractivity contribution is 7.98. The van der Waals surface area contributed by atoms with Gasteiger partial charge in [-0.3, -0.25) is 14.5 Å². The lowest BCUT2D eigenvalue weighted by Gasteiger charge is -2.38. The number of alkyl halides is 2. The maximum Gasteiger partial charge on any atom is 0.254 e. The summed E-state index contributed by atoms with van der Waals surface area (Å²) >= 11 is 1.46. The molecular weight excluding hydrogens is 476 g/mol. The van der Waals surface area contributed by atoms with Gasteiger partial charge >= 0.3 is 0 Å². The van der Waals surface area contributed by atoms with Crippen LogP contribution in [-0.2, 0) is 6.54 Å². The van der Waals surface area contributed by atoms with Gasteiger partial charge in [-0.15, -0.1) is 11.8 Å². The lowest BCUT2D eigenvalue weighted by Crippen LogP contribution is -2.49. The number of benzene rings is 1. The van der Waals surface area contributed by atoms with Crippen molar-refractivity contribution in [3.63, 3.8) is 0 Å². The van der Waals surface area contributed by atoms with Crippen molar-refractivity contribution < 1.29 is 23.0 Å². The number of piperidine rings is 1. The maximum atomic E-state index is 13.0. The number of fused-ring (bicyclic) bond motifs is 1. The van der Waals surface area contributed by atoms with Crippen LogP contribution in [0, 0.1) is 19.8 Å². The Labute approximate surface area is 207 Å². The summed E-state index contributed by atoms with van der Waals surface area (Å²) in [4.78, 5) is 30.8. The summed E-state index contributed by atoms with van der Waals surface area (Å²) < 4.78 is 37.9. The van der Waals surface area contributed by atoms with E-state index in [4.69, 9.17) is 9.47 Å². The molecule has 1 saturated heterocycles. The number of aryl methyl sites for hydroxylation is 1. The van der Waals surface area contributed by atoms with Gasteiger partial charge in [0.15, 0.2) is 11.5 Å². The zero-order valence-electron chi connectivity index (χ0n) is 20.4. The number of aromatic nitrogens is 1. The Morgan fingerprint density at radius 1 is 1.29 bits per heavy atom. The van der Waals surface area contributed by atoms with Gasteiger partial charge in [-0.2, -0.15) is 0 Å². The van der Waals surface area contributed by atoms with Crippen LogP contribution in [0.2, 0.25) is 0 Å². The van der Waals surface area contributed by atoms with E-state index in [9.17, 15) is 18.4 Å². The third-order valence-electron chi connectivity index (χ3n) is 6.83. The van der Waals surface area contributed by atoms with Crippen molar-refractivity contribution in [1.82, 2.24) is 15.2 Å². The van der Waals surface area contributed by atoms with E-state index < -0.39 is 12.2 Å². The molecular formula is C25H31F2N3O4S. The van der Waals surface area contributed by atoms with Crippen LogP contribution >= 0.6 is 11.8 Å². The molecule has 3 heterocycles. The number of nitrogens with zero attached hydrogens (tertiary/aromatic N) is 1. The molecule has 2 aliphatic rings. The Morgan fingerprint density at radius 2 is 2.00 bits per heavy atom. The molecule has 0 spiro atoms. The first-order valence-corrected chi connectivity index (χ1v) is 12.9. The standard InChI is InChI=1S/C25H31F2N3O4S/c1-14-11-20(35-4)18(24(32)29-14)12-28-23(31)17-5-6-19-22(15(17)2)34-25(3,33-19)16-7-9-30(10-8-16)13-21(26)27/h5-6,11,16,21H,7-10,12-13H2,1-4H3,(H,28,31)(H,29,32). The molecule has 2 aliphatic heterocycles. The zero-order chi connectivity index (χ0) is 25.3. The van der Waals surface area contributed by atoms with E-state index >= 15 is 0 Å². The second kappa shape index (κ2) is 10.2. The van der Waals surface area contributed by atoms with Gasteiger partial charge in [-0.05, 0) is 64.2 Å². The molecule has 7 nitrogen and oxygen atoms in total. The molecule has 10 heteroatoms. The van der Waals surface area contributed by atoms with Gasteiger partial charge in [0, 0.05) is 46.7 Å². The van der Waals surface area contributed by atoms with Crippen molar-refractivity contribution in [3.05, 3.63) is 50.9 Å². The number of halogens is 2. The summed E-state index contributed by atoms with van der Waals surface area (Å²) in [7, 11) is 0. The monoisotopic (exact) mass is 507 g/mol. The number of pyridine rings is 1. The summed E-state index contributed by atoms with van der Waals surface area (Å²) in [5.41, 5.74) is 2.16. The van der Waals surface area contributed by atoms with E-state index in [1.807, 2.05) is 26.2 Å². The molecule has 1 fully saturated rings. The van der Waals surface area contributed by atoms with Gasteiger partial charge in [-0.25, -0.2) is 8.78 Å². The average Bonchev–Trinajstić information content (AvgIpc) is 3.16. The number of carbonyl (C=O) groups is 1. The van der Waals surface area contributed by atoms with E-state index in [0.717, 1.165) is 10.6 Å². The van der Waals surface area contributed by atoms with E-state index in [2.05, 4.69) is 10.3 Å². The largest absolute Gasteiger partial charge is 0.448 e. The first-order chi connectivity index (χ1) is 16.6. The van der Waals surface area contributed by atoms with Crippen LogP contribution in [0.4, 0.5) is 8.78 Å². The van der Waals surface area contributed by atoms with Crippen molar-refractivity contribution in [2.45, 2.75) is 57.3 Å². The predicted molar refractivity (Wildman–Crippen MR) is 131 cm³/mol. The SMILES string of the molecule is CSc1cc(C)[nH]c(=O)c1CNC(=O)c1ccc2c(c1C)OC(C)(C1CCN(CC(F)F)CC1)O2. The van der Waals surface area contributed by atoms with Gasteiger partial charge < -0.3 is 19.8 Å². The Kier molecular flexibility index (Phi) is 7.42. The maximum absolute atomic E-state index is 13.0. The van der Waals surface area contributed by atoms with Crippen molar-refractivity contribution >= 4 is 17.7 Å². The summed E-state index contributed by atoms with van der Waals surface area (Å²) in [5.74, 6) is -0.0976. The Morgan fingerprint density at radius 3 is 2.66 bits per heavy atom. The third-order valence-corrected chi connectivity index (χ3v) is 7.64. The van der Waals surface area contributed by atoms with Gasteiger partial charge in [-0.1, -0.05) is 0 Å². The van der Waals surface area contributed by atoms with Gasteiger partial charge in [0.25, 0.3) is 23.7 Å². The molecule has 35 heavy (non-hydrogen) atoms. The number of hydrogen-bond donors (Lipinski definition) is 2. The molecule has 0 saturated carbocycles.